The van der Waals surface area contributed by atoms with Crippen LogP contribution >= 0.6 is 0 Å². The first kappa shape index (κ1) is 11.7. The Balaban J connectivity index is 2.42. The van der Waals surface area contributed by atoms with Gasteiger partial charge in [0.15, 0.2) is 11.5 Å². The largest absolute Gasteiger partial charge is 0.504 e. The summed E-state index contributed by atoms with van der Waals surface area (Å²) in [7, 11) is 3.20. The number of aromatic hydroxyl groups is 1. The number of hydrogen-bond acceptors (Lipinski definition) is 3. The molecular weight excluding hydrogens is 240 g/mol. The molecule has 0 bridgehead atoms. The maximum Gasteiger partial charge on any atom is 0.161 e. The molecule has 3 heteroatoms. The van der Waals surface area contributed by atoms with E-state index in [9.17, 15) is 5.11 Å². The highest BCUT2D eigenvalue weighted by Gasteiger charge is 2.07. The molecule has 0 unspecified atom stereocenters. The van der Waals surface area contributed by atoms with Crippen molar-refractivity contribution in [2.45, 2.75) is 0 Å². The van der Waals surface area contributed by atoms with E-state index in [1.165, 1.54) is 0 Å². The van der Waals surface area contributed by atoms with Crippen molar-refractivity contribution in [3.8, 4) is 17.2 Å². The Labute approximate surface area is 111 Å². The Bertz CT molecular complexity index is 763. The van der Waals surface area contributed by atoms with Crippen LogP contribution in [0, 0.1) is 0 Å². The van der Waals surface area contributed by atoms with Crippen LogP contribution in [0.5, 0.6) is 17.2 Å². The Kier molecular flexibility index (Phi) is 2.67. The van der Waals surface area contributed by atoms with E-state index >= 15 is 0 Å². The fraction of sp³-hybridized carbons (Fsp3) is 0.125. The third-order valence-corrected chi connectivity index (χ3v) is 3.34. The van der Waals surface area contributed by atoms with Gasteiger partial charge in [0.05, 0.1) is 14.2 Å². The van der Waals surface area contributed by atoms with Gasteiger partial charge in [0.25, 0.3) is 0 Å². The number of phenols is 1. The Hall–Kier alpha value is -2.42. The minimum Gasteiger partial charge on any atom is -0.504 e. The van der Waals surface area contributed by atoms with E-state index in [4.69, 9.17) is 9.47 Å². The number of benzene rings is 3. The van der Waals surface area contributed by atoms with Crippen molar-refractivity contribution in [2.75, 3.05) is 14.2 Å². The van der Waals surface area contributed by atoms with E-state index in [-0.39, 0.29) is 5.75 Å². The standard InChI is InChI=1S/C16H14O3/c1-18-12-6-5-10-3-4-11-7-15(17)16(19-2)9-14(11)13(10)8-12/h3-9,17H,1-2H3. The van der Waals surface area contributed by atoms with Gasteiger partial charge in [0.1, 0.15) is 5.75 Å². The lowest BCUT2D eigenvalue weighted by molar-refractivity contribution is 0.374. The second-order valence-electron chi connectivity index (χ2n) is 4.40. The van der Waals surface area contributed by atoms with Crippen molar-refractivity contribution in [1.29, 1.82) is 0 Å². The van der Waals surface area contributed by atoms with Crippen LogP contribution in [0.2, 0.25) is 0 Å². The monoisotopic (exact) mass is 254 g/mol. The van der Waals surface area contributed by atoms with Gasteiger partial charge in [-0.05, 0) is 45.8 Å². The quantitative estimate of drug-likeness (QED) is 0.708. The van der Waals surface area contributed by atoms with Crippen molar-refractivity contribution in [2.24, 2.45) is 0 Å². The molecule has 0 aliphatic rings. The Morgan fingerprint density at radius 3 is 2.21 bits per heavy atom. The van der Waals surface area contributed by atoms with Crippen LogP contribution in [0.15, 0.2) is 42.5 Å². The zero-order chi connectivity index (χ0) is 13.4. The number of hydrogen-bond donors (Lipinski definition) is 1. The summed E-state index contributed by atoms with van der Waals surface area (Å²) in [5, 5.41) is 14.0. The zero-order valence-corrected chi connectivity index (χ0v) is 10.8. The fourth-order valence-corrected chi connectivity index (χ4v) is 2.34. The second-order valence-corrected chi connectivity index (χ2v) is 4.40. The predicted molar refractivity (Wildman–Crippen MR) is 76.2 cm³/mol. The fourth-order valence-electron chi connectivity index (χ4n) is 2.34. The smallest absolute Gasteiger partial charge is 0.161 e. The van der Waals surface area contributed by atoms with Gasteiger partial charge in [-0.2, -0.15) is 0 Å². The third kappa shape index (κ3) is 1.83. The topological polar surface area (TPSA) is 38.7 Å². The molecule has 96 valence electrons. The second kappa shape index (κ2) is 4.35. The molecule has 3 aromatic carbocycles. The highest BCUT2D eigenvalue weighted by atomic mass is 16.5. The van der Waals surface area contributed by atoms with Crippen LogP contribution < -0.4 is 9.47 Å². The van der Waals surface area contributed by atoms with E-state index in [1.807, 2.05) is 36.4 Å². The van der Waals surface area contributed by atoms with Gasteiger partial charge in [0, 0.05) is 0 Å². The molecule has 0 saturated heterocycles. The summed E-state index contributed by atoms with van der Waals surface area (Å²) in [6, 6.07) is 13.5. The first-order valence-corrected chi connectivity index (χ1v) is 6.00. The highest BCUT2D eigenvalue weighted by Crippen LogP contribution is 2.35. The molecule has 0 amide bonds. The van der Waals surface area contributed by atoms with Crippen LogP contribution in [0.4, 0.5) is 0 Å². The maximum absolute atomic E-state index is 9.83. The van der Waals surface area contributed by atoms with E-state index < -0.39 is 0 Å². The summed E-state index contributed by atoms with van der Waals surface area (Å²) in [4.78, 5) is 0. The van der Waals surface area contributed by atoms with Gasteiger partial charge in [-0.3, -0.25) is 0 Å². The van der Waals surface area contributed by atoms with E-state index in [0.717, 1.165) is 27.3 Å². The molecule has 3 nitrogen and oxygen atoms in total. The van der Waals surface area contributed by atoms with Crippen molar-refractivity contribution < 1.29 is 14.6 Å². The molecule has 0 aromatic heterocycles. The van der Waals surface area contributed by atoms with Crippen molar-refractivity contribution in [3.05, 3.63) is 42.5 Å². The van der Waals surface area contributed by atoms with E-state index in [2.05, 4.69) is 0 Å². The summed E-state index contributed by atoms with van der Waals surface area (Å²) in [6.45, 7) is 0. The number of ether oxygens (including phenoxy) is 2. The van der Waals surface area contributed by atoms with Crippen LogP contribution in [-0.2, 0) is 0 Å². The molecular formula is C16H14O3. The molecule has 1 N–H and O–H groups in total. The van der Waals surface area contributed by atoms with E-state index in [0.29, 0.717) is 5.75 Å². The Morgan fingerprint density at radius 1 is 0.789 bits per heavy atom. The summed E-state index contributed by atoms with van der Waals surface area (Å²) < 4.78 is 10.4. The lowest BCUT2D eigenvalue weighted by Gasteiger charge is -2.09. The minimum absolute atomic E-state index is 0.150. The summed E-state index contributed by atoms with van der Waals surface area (Å²) in [5.41, 5.74) is 0. The highest BCUT2D eigenvalue weighted by molar-refractivity contribution is 6.08. The predicted octanol–water partition coefficient (Wildman–Crippen LogP) is 3.72. The number of fused-ring (bicyclic) bond motifs is 3. The van der Waals surface area contributed by atoms with Crippen LogP contribution in [0.3, 0.4) is 0 Å². The molecule has 0 heterocycles. The van der Waals surface area contributed by atoms with Crippen molar-refractivity contribution in [3.63, 3.8) is 0 Å². The first-order chi connectivity index (χ1) is 9.22. The number of methoxy groups -OCH3 is 2. The first-order valence-electron chi connectivity index (χ1n) is 6.00. The molecule has 0 radical (unpaired) electrons. The molecule has 0 spiro atoms. The van der Waals surface area contributed by atoms with Gasteiger partial charge in [-0.15, -0.1) is 0 Å². The normalized spacial score (nSPS) is 10.8. The number of rotatable bonds is 2. The van der Waals surface area contributed by atoms with Crippen molar-refractivity contribution >= 4 is 21.5 Å². The molecule has 3 rings (SSSR count). The SMILES string of the molecule is COc1ccc2ccc3cc(O)c(OC)cc3c2c1. The van der Waals surface area contributed by atoms with Gasteiger partial charge < -0.3 is 14.6 Å². The maximum atomic E-state index is 9.83. The van der Waals surface area contributed by atoms with Gasteiger partial charge in [0.2, 0.25) is 0 Å². The summed E-state index contributed by atoms with van der Waals surface area (Å²) in [5.74, 6) is 1.44. The zero-order valence-electron chi connectivity index (χ0n) is 10.8. The Morgan fingerprint density at radius 2 is 1.47 bits per heavy atom. The van der Waals surface area contributed by atoms with Crippen LogP contribution in [0.25, 0.3) is 21.5 Å². The summed E-state index contributed by atoms with van der Waals surface area (Å²) in [6.07, 6.45) is 0. The molecule has 0 saturated carbocycles. The minimum atomic E-state index is 0.150. The van der Waals surface area contributed by atoms with Crippen LogP contribution in [0.1, 0.15) is 0 Å². The molecule has 0 aliphatic heterocycles. The molecule has 19 heavy (non-hydrogen) atoms. The average molecular weight is 254 g/mol. The van der Waals surface area contributed by atoms with Gasteiger partial charge in [-0.1, -0.05) is 18.2 Å². The molecule has 0 atom stereocenters. The third-order valence-electron chi connectivity index (χ3n) is 3.34. The molecule has 3 aromatic rings. The van der Waals surface area contributed by atoms with E-state index in [1.54, 1.807) is 20.3 Å². The number of phenolic OH excluding ortho intramolecular Hbond substituents is 1. The molecule has 0 aliphatic carbocycles. The van der Waals surface area contributed by atoms with Crippen LogP contribution in [-0.4, -0.2) is 19.3 Å². The average Bonchev–Trinajstić information content (AvgIpc) is 2.45. The van der Waals surface area contributed by atoms with Gasteiger partial charge in [-0.25, -0.2) is 0 Å². The lowest BCUT2D eigenvalue weighted by Crippen LogP contribution is -1.86. The molecule has 0 fully saturated rings. The lowest BCUT2D eigenvalue weighted by atomic mass is 10.0. The van der Waals surface area contributed by atoms with Crippen molar-refractivity contribution in [1.82, 2.24) is 0 Å². The summed E-state index contributed by atoms with van der Waals surface area (Å²) >= 11 is 0. The van der Waals surface area contributed by atoms with Gasteiger partial charge >= 0.3 is 0 Å².